The van der Waals surface area contributed by atoms with Crippen LogP contribution in [0.2, 0.25) is 0 Å². The van der Waals surface area contributed by atoms with Gasteiger partial charge in [-0.1, -0.05) is 12.1 Å². The molecule has 4 nitrogen and oxygen atoms in total. The van der Waals surface area contributed by atoms with Crippen LogP contribution >= 0.6 is 0 Å². The topological polar surface area (TPSA) is 67.5 Å². The molecule has 1 heterocycles. The zero-order valence-corrected chi connectivity index (χ0v) is 8.52. The molecule has 4 N–H and O–H groups in total. The maximum absolute atomic E-state index is 10.0. The SMILES string of the molecule is Nc1ccc(C(O)C2CNCCO2)cc1. The quantitative estimate of drug-likeness (QED) is 0.611. The van der Waals surface area contributed by atoms with Crippen LogP contribution in [-0.2, 0) is 4.74 Å². The number of hydrogen-bond acceptors (Lipinski definition) is 4. The van der Waals surface area contributed by atoms with Crippen LogP contribution in [0.15, 0.2) is 24.3 Å². The Bertz CT molecular complexity index is 307. The number of aliphatic hydroxyl groups is 1. The van der Waals surface area contributed by atoms with Gasteiger partial charge in [0.2, 0.25) is 0 Å². The number of rotatable bonds is 2. The summed E-state index contributed by atoms with van der Waals surface area (Å²) in [5.41, 5.74) is 7.13. The zero-order chi connectivity index (χ0) is 10.7. The van der Waals surface area contributed by atoms with Crippen LogP contribution in [0.1, 0.15) is 11.7 Å². The fourth-order valence-electron chi connectivity index (χ4n) is 1.70. The van der Waals surface area contributed by atoms with Crippen molar-refractivity contribution in [2.75, 3.05) is 25.4 Å². The number of anilines is 1. The Morgan fingerprint density at radius 1 is 1.40 bits per heavy atom. The maximum Gasteiger partial charge on any atom is 0.106 e. The first-order valence-corrected chi connectivity index (χ1v) is 5.13. The highest BCUT2D eigenvalue weighted by Gasteiger charge is 2.23. The fraction of sp³-hybridized carbons (Fsp3) is 0.455. The Labute approximate surface area is 89.0 Å². The molecule has 1 aromatic rings. The van der Waals surface area contributed by atoms with Gasteiger partial charge in [-0.15, -0.1) is 0 Å². The van der Waals surface area contributed by atoms with Crippen molar-refractivity contribution in [2.45, 2.75) is 12.2 Å². The van der Waals surface area contributed by atoms with E-state index in [9.17, 15) is 5.11 Å². The Morgan fingerprint density at radius 2 is 2.13 bits per heavy atom. The highest BCUT2D eigenvalue weighted by Crippen LogP contribution is 2.20. The van der Waals surface area contributed by atoms with Gasteiger partial charge in [-0.05, 0) is 17.7 Å². The monoisotopic (exact) mass is 208 g/mol. The molecule has 0 amide bonds. The summed E-state index contributed by atoms with van der Waals surface area (Å²) in [6.07, 6.45) is -0.749. The van der Waals surface area contributed by atoms with E-state index in [1.807, 2.05) is 12.1 Å². The molecule has 1 fully saturated rings. The van der Waals surface area contributed by atoms with Gasteiger partial charge in [-0.25, -0.2) is 0 Å². The number of morpholine rings is 1. The third kappa shape index (κ3) is 2.47. The number of nitrogen functional groups attached to an aromatic ring is 1. The normalized spacial score (nSPS) is 23.7. The lowest BCUT2D eigenvalue weighted by molar-refractivity contribution is -0.0536. The van der Waals surface area contributed by atoms with Crippen molar-refractivity contribution in [1.82, 2.24) is 5.32 Å². The summed E-state index contributed by atoms with van der Waals surface area (Å²) in [5.74, 6) is 0. The highest BCUT2D eigenvalue weighted by molar-refractivity contribution is 5.40. The van der Waals surface area contributed by atoms with E-state index < -0.39 is 6.10 Å². The second kappa shape index (κ2) is 4.61. The van der Waals surface area contributed by atoms with Gasteiger partial charge in [0.25, 0.3) is 0 Å². The van der Waals surface area contributed by atoms with Crippen LogP contribution in [0.5, 0.6) is 0 Å². The van der Waals surface area contributed by atoms with Crippen LogP contribution in [-0.4, -0.2) is 30.9 Å². The van der Waals surface area contributed by atoms with Crippen molar-refractivity contribution in [2.24, 2.45) is 0 Å². The van der Waals surface area contributed by atoms with Crippen molar-refractivity contribution in [3.63, 3.8) is 0 Å². The first-order chi connectivity index (χ1) is 7.27. The number of nitrogens with two attached hydrogens (primary N) is 1. The molecule has 1 aliphatic rings. The lowest BCUT2D eigenvalue weighted by atomic mass is 10.0. The maximum atomic E-state index is 10.0. The standard InChI is InChI=1S/C11H16N2O2/c12-9-3-1-8(2-4-9)11(14)10-7-13-5-6-15-10/h1-4,10-11,13-14H,5-7,12H2. The molecule has 0 aliphatic carbocycles. The molecule has 0 saturated carbocycles. The van der Waals surface area contributed by atoms with Crippen LogP contribution in [0.25, 0.3) is 0 Å². The smallest absolute Gasteiger partial charge is 0.106 e. The molecular formula is C11H16N2O2. The molecule has 0 bridgehead atoms. The molecule has 1 aromatic carbocycles. The molecule has 4 heteroatoms. The van der Waals surface area contributed by atoms with E-state index >= 15 is 0 Å². The van der Waals surface area contributed by atoms with E-state index in [1.165, 1.54) is 0 Å². The van der Waals surface area contributed by atoms with Crippen molar-refractivity contribution in [1.29, 1.82) is 0 Å². The third-order valence-electron chi connectivity index (χ3n) is 2.59. The zero-order valence-electron chi connectivity index (χ0n) is 8.52. The Kier molecular flexibility index (Phi) is 3.20. The molecule has 15 heavy (non-hydrogen) atoms. The first-order valence-electron chi connectivity index (χ1n) is 5.13. The minimum Gasteiger partial charge on any atom is -0.399 e. The second-order valence-electron chi connectivity index (χ2n) is 3.72. The molecule has 82 valence electrons. The third-order valence-corrected chi connectivity index (χ3v) is 2.59. The number of benzene rings is 1. The second-order valence-corrected chi connectivity index (χ2v) is 3.72. The molecule has 0 radical (unpaired) electrons. The highest BCUT2D eigenvalue weighted by atomic mass is 16.5. The largest absolute Gasteiger partial charge is 0.399 e. The van der Waals surface area contributed by atoms with Crippen molar-refractivity contribution in [3.8, 4) is 0 Å². The average molecular weight is 208 g/mol. The summed E-state index contributed by atoms with van der Waals surface area (Å²) in [6.45, 7) is 2.19. The molecule has 2 atom stereocenters. The van der Waals surface area contributed by atoms with Crippen LogP contribution < -0.4 is 11.1 Å². The Balaban J connectivity index is 2.05. The molecular weight excluding hydrogens is 192 g/mol. The Hall–Kier alpha value is -1.10. The van der Waals surface area contributed by atoms with E-state index in [4.69, 9.17) is 10.5 Å². The van der Waals surface area contributed by atoms with Gasteiger partial charge in [0.1, 0.15) is 6.10 Å². The summed E-state index contributed by atoms with van der Waals surface area (Å²) in [6, 6.07) is 7.24. The van der Waals surface area contributed by atoms with Crippen molar-refractivity contribution < 1.29 is 9.84 Å². The summed E-state index contributed by atoms with van der Waals surface area (Å²) in [7, 11) is 0. The predicted octanol–water partition coefficient (Wildman–Crippen LogP) is 0.291. The molecule has 0 aromatic heterocycles. The van der Waals surface area contributed by atoms with Gasteiger partial charge in [-0.3, -0.25) is 0 Å². The van der Waals surface area contributed by atoms with Crippen molar-refractivity contribution in [3.05, 3.63) is 29.8 Å². The van der Waals surface area contributed by atoms with E-state index in [2.05, 4.69) is 5.32 Å². The minimum absolute atomic E-state index is 0.164. The first kappa shape index (κ1) is 10.4. The number of aliphatic hydroxyl groups excluding tert-OH is 1. The number of hydrogen-bond donors (Lipinski definition) is 3. The van der Waals surface area contributed by atoms with E-state index in [0.717, 1.165) is 12.1 Å². The number of nitrogens with one attached hydrogen (secondary N) is 1. The molecule has 0 spiro atoms. The van der Waals surface area contributed by atoms with E-state index in [-0.39, 0.29) is 6.10 Å². The summed E-state index contributed by atoms with van der Waals surface area (Å²) in [4.78, 5) is 0. The molecule has 1 saturated heterocycles. The van der Waals surface area contributed by atoms with E-state index in [0.29, 0.717) is 18.8 Å². The number of ether oxygens (including phenoxy) is 1. The van der Waals surface area contributed by atoms with Gasteiger partial charge >= 0.3 is 0 Å². The molecule has 1 aliphatic heterocycles. The molecule has 2 unspecified atom stereocenters. The lowest BCUT2D eigenvalue weighted by Gasteiger charge is -2.28. The van der Waals surface area contributed by atoms with Gasteiger partial charge in [0, 0.05) is 18.8 Å². The lowest BCUT2D eigenvalue weighted by Crippen LogP contribution is -2.41. The summed E-state index contributed by atoms with van der Waals surface area (Å²) < 4.78 is 5.48. The fourth-order valence-corrected chi connectivity index (χ4v) is 1.70. The van der Waals surface area contributed by atoms with Crippen LogP contribution in [0.3, 0.4) is 0 Å². The Morgan fingerprint density at radius 3 is 2.73 bits per heavy atom. The summed E-state index contributed by atoms with van der Waals surface area (Å²) >= 11 is 0. The molecule has 2 rings (SSSR count). The van der Waals surface area contributed by atoms with Gasteiger partial charge < -0.3 is 20.9 Å². The van der Waals surface area contributed by atoms with Gasteiger partial charge in [0.15, 0.2) is 0 Å². The minimum atomic E-state index is -0.585. The van der Waals surface area contributed by atoms with Gasteiger partial charge in [0.05, 0.1) is 12.7 Å². The van der Waals surface area contributed by atoms with Crippen LogP contribution in [0.4, 0.5) is 5.69 Å². The van der Waals surface area contributed by atoms with Gasteiger partial charge in [-0.2, -0.15) is 0 Å². The summed E-state index contributed by atoms with van der Waals surface area (Å²) in [5, 5.41) is 13.2. The predicted molar refractivity (Wildman–Crippen MR) is 58.4 cm³/mol. The van der Waals surface area contributed by atoms with E-state index in [1.54, 1.807) is 12.1 Å². The van der Waals surface area contributed by atoms with Crippen molar-refractivity contribution >= 4 is 5.69 Å². The van der Waals surface area contributed by atoms with Crippen LogP contribution in [0, 0.1) is 0 Å². The average Bonchev–Trinajstić information content (AvgIpc) is 2.30.